The van der Waals surface area contributed by atoms with Crippen LogP contribution in [-0.4, -0.2) is 0 Å². The Morgan fingerprint density at radius 3 is 1.74 bits per heavy atom. The predicted molar refractivity (Wildman–Crippen MR) is 105 cm³/mol. The lowest BCUT2D eigenvalue weighted by atomic mass is 9.96. The van der Waals surface area contributed by atoms with Gasteiger partial charge in [0.15, 0.2) is 11.6 Å². The van der Waals surface area contributed by atoms with E-state index >= 15 is 0 Å². The third-order valence-corrected chi connectivity index (χ3v) is 4.75. The van der Waals surface area contributed by atoms with Crippen molar-refractivity contribution < 1.29 is 13.2 Å². The van der Waals surface area contributed by atoms with Gasteiger partial charge in [0.2, 0.25) is 0 Å². The van der Waals surface area contributed by atoms with Gasteiger partial charge >= 0.3 is 0 Å². The maximum atomic E-state index is 14.7. The molecule has 3 aromatic rings. The second-order valence-electron chi connectivity index (χ2n) is 6.80. The van der Waals surface area contributed by atoms with E-state index in [2.05, 4.69) is 6.92 Å². The molecular weight excluding hydrogens is 345 g/mol. The molecule has 0 unspecified atom stereocenters. The summed E-state index contributed by atoms with van der Waals surface area (Å²) in [4.78, 5) is 0. The molecule has 3 heteroatoms. The van der Waals surface area contributed by atoms with Crippen LogP contribution in [0, 0.1) is 17.5 Å². The molecular formula is C24H23F3. The summed E-state index contributed by atoms with van der Waals surface area (Å²) >= 11 is 0. The highest BCUT2D eigenvalue weighted by molar-refractivity contribution is 5.72. The van der Waals surface area contributed by atoms with Crippen molar-refractivity contribution in [3.05, 3.63) is 83.2 Å². The van der Waals surface area contributed by atoms with E-state index in [0.717, 1.165) is 36.8 Å². The molecule has 0 nitrogen and oxygen atoms in total. The third-order valence-electron chi connectivity index (χ3n) is 4.75. The Morgan fingerprint density at radius 2 is 1.11 bits per heavy atom. The molecule has 3 rings (SSSR count). The molecule has 0 spiro atoms. The van der Waals surface area contributed by atoms with Crippen LogP contribution < -0.4 is 0 Å². The number of rotatable bonds is 6. The maximum Gasteiger partial charge on any atom is 0.167 e. The zero-order valence-electron chi connectivity index (χ0n) is 15.7. The molecule has 27 heavy (non-hydrogen) atoms. The van der Waals surface area contributed by atoms with E-state index in [0.29, 0.717) is 5.56 Å². The third kappa shape index (κ3) is 4.08. The summed E-state index contributed by atoms with van der Waals surface area (Å²) < 4.78 is 43.9. The predicted octanol–water partition coefficient (Wildman–Crippen LogP) is 7.34. The topological polar surface area (TPSA) is 0 Å². The zero-order chi connectivity index (χ0) is 19.4. The van der Waals surface area contributed by atoms with Crippen molar-refractivity contribution in [1.82, 2.24) is 0 Å². The van der Waals surface area contributed by atoms with Crippen LogP contribution in [-0.2, 0) is 12.8 Å². The van der Waals surface area contributed by atoms with E-state index in [1.54, 1.807) is 18.2 Å². The molecule has 0 aromatic heterocycles. The van der Waals surface area contributed by atoms with Crippen LogP contribution in [0.1, 0.15) is 37.8 Å². The van der Waals surface area contributed by atoms with Crippen LogP contribution in [0.15, 0.2) is 54.6 Å². The standard InChI is InChI=1S/C24H23F3/c1-3-5-16-7-10-18(11-8-16)19-13-14-21(24(27)23(19)26)20-12-9-17(6-4-2)15-22(20)25/h7-15H,3-6H2,1-2H3. The molecule has 0 aliphatic heterocycles. The molecule has 0 bridgehead atoms. The monoisotopic (exact) mass is 368 g/mol. The van der Waals surface area contributed by atoms with E-state index < -0.39 is 17.5 Å². The summed E-state index contributed by atoms with van der Waals surface area (Å²) in [5.41, 5.74) is 2.82. The first-order valence-electron chi connectivity index (χ1n) is 9.41. The minimum absolute atomic E-state index is 0.0561. The number of hydrogen-bond donors (Lipinski definition) is 0. The molecule has 0 N–H and O–H groups in total. The summed E-state index contributed by atoms with van der Waals surface area (Å²) in [5.74, 6) is -2.50. The SMILES string of the molecule is CCCc1ccc(-c2ccc(-c3ccc(CCC)cc3F)c(F)c2F)cc1. The van der Waals surface area contributed by atoms with Crippen molar-refractivity contribution in [2.24, 2.45) is 0 Å². The van der Waals surface area contributed by atoms with Crippen molar-refractivity contribution in [2.75, 3.05) is 0 Å². The normalized spacial score (nSPS) is 11.0. The second-order valence-corrected chi connectivity index (χ2v) is 6.80. The first kappa shape index (κ1) is 19.2. The first-order chi connectivity index (χ1) is 13.0. The van der Waals surface area contributed by atoms with Crippen LogP contribution in [0.4, 0.5) is 13.2 Å². The van der Waals surface area contributed by atoms with E-state index in [-0.39, 0.29) is 16.7 Å². The lowest BCUT2D eigenvalue weighted by Gasteiger charge is -2.11. The number of benzene rings is 3. The fraction of sp³-hybridized carbons (Fsp3) is 0.250. The lowest BCUT2D eigenvalue weighted by Crippen LogP contribution is -1.97. The summed E-state index contributed by atoms with van der Waals surface area (Å²) in [5, 5.41) is 0. The minimum Gasteiger partial charge on any atom is -0.206 e. The molecule has 140 valence electrons. The van der Waals surface area contributed by atoms with Gasteiger partial charge in [-0.3, -0.25) is 0 Å². The smallest absolute Gasteiger partial charge is 0.167 e. The molecule has 0 radical (unpaired) electrons. The molecule has 0 atom stereocenters. The largest absolute Gasteiger partial charge is 0.206 e. The zero-order valence-corrected chi connectivity index (χ0v) is 15.7. The Labute approximate surface area is 158 Å². The molecule has 0 fully saturated rings. The Morgan fingerprint density at radius 1 is 0.593 bits per heavy atom. The molecule has 0 saturated carbocycles. The van der Waals surface area contributed by atoms with Gasteiger partial charge in [0, 0.05) is 16.7 Å². The fourth-order valence-electron chi connectivity index (χ4n) is 3.34. The highest BCUT2D eigenvalue weighted by Crippen LogP contribution is 2.33. The molecule has 3 aromatic carbocycles. The van der Waals surface area contributed by atoms with Crippen molar-refractivity contribution in [3.8, 4) is 22.3 Å². The van der Waals surface area contributed by atoms with Gasteiger partial charge in [0.05, 0.1) is 0 Å². The Hall–Kier alpha value is -2.55. The molecule has 0 saturated heterocycles. The highest BCUT2D eigenvalue weighted by atomic mass is 19.2. The Bertz CT molecular complexity index is 927. The van der Waals surface area contributed by atoms with Gasteiger partial charge in [-0.1, -0.05) is 75.2 Å². The van der Waals surface area contributed by atoms with Gasteiger partial charge in [0.25, 0.3) is 0 Å². The summed E-state index contributed by atoms with van der Waals surface area (Å²) in [6.45, 7) is 4.10. The van der Waals surface area contributed by atoms with Gasteiger partial charge < -0.3 is 0 Å². The Balaban J connectivity index is 1.98. The van der Waals surface area contributed by atoms with E-state index in [1.165, 1.54) is 24.3 Å². The number of halogens is 3. The van der Waals surface area contributed by atoms with E-state index in [4.69, 9.17) is 0 Å². The summed E-state index contributed by atoms with van der Waals surface area (Å²) in [6.07, 6.45) is 3.62. The average Bonchev–Trinajstić information content (AvgIpc) is 2.66. The first-order valence-corrected chi connectivity index (χ1v) is 9.41. The number of aryl methyl sites for hydroxylation is 2. The summed E-state index contributed by atoms with van der Waals surface area (Å²) in [6, 6.07) is 15.1. The molecule has 0 aliphatic carbocycles. The van der Waals surface area contributed by atoms with Crippen molar-refractivity contribution in [3.63, 3.8) is 0 Å². The molecule has 0 aliphatic rings. The van der Waals surface area contributed by atoms with E-state index in [9.17, 15) is 13.2 Å². The fourth-order valence-corrected chi connectivity index (χ4v) is 3.34. The second kappa shape index (κ2) is 8.43. The van der Waals surface area contributed by atoms with Gasteiger partial charge in [-0.25, -0.2) is 13.2 Å². The van der Waals surface area contributed by atoms with Gasteiger partial charge in [0.1, 0.15) is 5.82 Å². The van der Waals surface area contributed by atoms with Crippen LogP contribution in [0.2, 0.25) is 0 Å². The Kier molecular flexibility index (Phi) is 6.00. The van der Waals surface area contributed by atoms with Crippen LogP contribution in [0.25, 0.3) is 22.3 Å². The summed E-state index contributed by atoms with van der Waals surface area (Å²) in [7, 11) is 0. The van der Waals surface area contributed by atoms with Gasteiger partial charge in [-0.05, 0) is 35.6 Å². The maximum absolute atomic E-state index is 14.7. The van der Waals surface area contributed by atoms with E-state index in [1.807, 2.05) is 19.1 Å². The quantitative estimate of drug-likeness (QED) is 0.427. The average molecular weight is 368 g/mol. The highest BCUT2D eigenvalue weighted by Gasteiger charge is 2.18. The van der Waals surface area contributed by atoms with Crippen molar-refractivity contribution in [2.45, 2.75) is 39.5 Å². The lowest BCUT2D eigenvalue weighted by molar-refractivity contribution is 0.512. The van der Waals surface area contributed by atoms with Crippen LogP contribution in [0.5, 0.6) is 0 Å². The van der Waals surface area contributed by atoms with Crippen molar-refractivity contribution >= 4 is 0 Å². The number of hydrogen-bond acceptors (Lipinski definition) is 0. The van der Waals surface area contributed by atoms with Gasteiger partial charge in [-0.15, -0.1) is 0 Å². The molecule has 0 amide bonds. The molecule has 0 heterocycles. The van der Waals surface area contributed by atoms with Gasteiger partial charge in [-0.2, -0.15) is 0 Å². The minimum atomic E-state index is -1.02. The van der Waals surface area contributed by atoms with Crippen molar-refractivity contribution in [1.29, 1.82) is 0 Å². The van der Waals surface area contributed by atoms with Crippen LogP contribution in [0.3, 0.4) is 0 Å². The van der Waals surface area contributed by atoms with Crippen LogP contribution >= 0.6 is 0 Å².